The van der Waals surface area contributed by atoms with E-state index in [0.29, 0.717) is 5.56 Å². The van der Waals surface area contributed by atoms with Crippen molar-refractivity contribution in [2.45, 2.75) is 56.0 Å². The maximum atomic E-state index is 13.4. The number of hydrogen-bond acceptors (Lipinski definition) is 8. The van der Waals surface area contributed by atoms with Crippen LogP contribution in [0.3, 0.4) is 0 Å². The van der Waals surface area contributed by atoms with Gasteiger partial charge in [0.25, 0.3) is 0 Å². The molecule has 0 N–H and O–H groups in total. The minimum Gasteiger partial charge on any atom is -0.374 e. The minimum atomic E-state index is -6.04. The second-order valence-corrected chi connectivity index (χ2v) is 10.8. The van der Waals surface area contributed by atoms with Crippen LogP contribution < -0.4 is 0 Å². The van der Waals surface area contributed by atoms with Crippen LogP contribution in [0.15, 0.2) is 91.0 Å². The van der Waals surface area contributed by atoms with Gasteiger partial charge in [0.15, 0.2) is 12.4 Å². The zero-order chi connectivity index (χ0) is 29.3. The minimum absolute atomic E-state index is 0.0334. The summed E-state index contributed by atoms with van der Waals surface area (Å²) in [6, 6.07) is 27.3. The molecule has 0 bridgehead atoms. The van der Waals surface area contributed by atoms with E-state index in [1.54, 1.807) is 30.3 Å². The quantitative estimate of drug-likeness (QED) is 0.202. The molecule has 1 aliphatic heterocycles. The fourth-order valence-corrected chi connectivity index (χ4v) is 4.90. The highest BCUT2D eigenvalue weighted by Gasteiger charge is 2.55. The van der Waals surface area contributed by atoms with E-state index in [9.17, 15) is 21.6 Å². The molecule has 12 heteroatoms. The third-order valence-corrected chi connectivity index (χ3v) is 7.35. The first-order chi connectivity index (χ1) is 19.7. The third-order valence-electron chi connectivity index (χ3n) is 6.31. The Morgan fingerprint density at radius 1 is 0.707 bits per heavy atom. The second kappa shape index (κ2) is 14.4. The van der Waals surface area contributed by atoms with Gasteiger partial charge >= 0.3 is 15.6 Å². The highest BCUT2D eigenvalue weighted by molar-refractivity contribution is 7.87. The van der Waals surface area contributed by atoms with E-state index in [1.165, 1.54) is 7.11 Å². The van der Waals surface area contributed by atoms with Crippen molar-refractivity contribution in [2.75, 3.05) is 13.7 Å². The predicted octanol–water partition coefficient (Wildman–Crippen LogP) is 4.98. The van der Waals surface area contributed by atoms with Crippen LogP contribution in [-0.4, -0.2) is 58.3 Å². The lowest BCUT2D eigenvalue weighted by molar-refractivity contribution is -0.308. The normalized spacial score (nSPS) is 23.4. The Labute approximate surface area is 237 Å². The number of alkyl halides is 3. The lowest BCUT2D eigenvalue weighted by Gasteiger charge is -2.45. The van der Waals surface area contributed by atoms with Gasteiger partial charge in [-0.25, -0.2) is 0 Å². The standard InChI is InChI=1S/C29H31F3O8S/c1-35-28-27(40-41(33,34)29(30,31)32)26(38-19-23-15-9-4-10-16-23)25(37-18-22-13-7-3-8-14-22)24(39-28)20-36-17-21-11-5-2-6-12-21/h2-16,24-28H,17-20H2,1H3/t24-,25+,26+,27-,28-/m1/s1. The van der Waals surface area contributed by atoms with Gasteiger partial charge in [0.05, 0.1) is 26.4 Å². The van der Waals surface area contributed by atoms with Gasteiger partial charge in [0.2, 0.25) is 0 Å². The molecule has 1 aliphatic rings. The summed E-state index contributed by atoms with van der Waals surface area (Å²) in [5.41, 5.74) is -3.31. The van der Waals surface area contributed by atoms with E-state index in [2.05, 4.69) is 0 Å². The molecule has 8 nitrogen and oxygen atoms in total. The smallest absolute Gasteiger partial charge is 0.374 e. The number of benzene rings is 3. The Morgan fingerprint density at radius 2 is 1.17 bits per heavy atom. The van der Waals surface area contributed by atoms with Crippen LogP contribution in [0.2, 0.25) is 0 Å². The van der Waals surface area contributed by atoms with E-state index >= 15 is 0 Å². The molecule has 222 valence electrons. The van der Waals surface area contributed by atoms with Crippen molar-refractivity contribution in [1.82, 2.24) is 0 Å². The van der Waals surface area contributed by atoms with Crippen molar-refractivity contribution in [1.29, 1.82) is 0 Å². The second-order valence-electron chi connectivity index (χ2n) is 9.26. The van der Waals surface area contributed by atoms with Gasteiger partial charge in [-0.3, -0.25) is 4.18 Å². The molecule has 1 heterocycles. The number of hydrogen-bond donors (Lipinski definition) is 0. The van der Waals surface area contributed by atoms with E-state index in [1.807, 2.05) is 60.7 Å². The van der Waals surface area contributed by atoms with Crippen LogP contribution in [0, 0.1) is 0 Å². The van der Waals surface area contributed by atoms with E-state index in [-0.39, 0.29) is 26.4 Å². The molecule has 3 aromatic carbocycles. The molecule has 5 atom stereocenters. The Bertz CT molecular complexity index is 1290. The van der Waals surface area contributed by atoms with Gasteiger partial charge < -0.3 is 23.7 Å². The maximum absolute atomic E-state index is 13.4. The molecule has 3 aromatic rings. The molecule has 1 saturated heterocycles. The lowest BCUT2D eigenvalue weighted by Crippen LogP contribution is -2.62. The lowest BCUT2D eigenvalue weighted by atomic mass is 9.98. The monoisotopic (exact) mass is 596 g/mol. The summed E-state index contributed by atoms with van der Waals surface area (Å²) >= 11 is 0. The van der Waals surface area contributed by atoms with Gasteiger partial charge in [-0.1, -0.05) is 91.0 Å². The molecule has 0 saturated carbocycles. The summed E-state index contributed by atoms with van der Waals surface area (Å²) < 4.78 is 98.4. The number of methoxy groups -OCH3 is 1. The SMILES string of the molecule is CO[C@@H]1O[C@H](COCc2ccccc2)[C@H](OCc2ccccc2)[C@H](OCc2ccccc2)[C@H]1OS(=O)(=O)C(F)(F)F. The summed E-state index contributed by atoms with van der Waals surface area (Å²) in [5.74, 6) is 0. The van der Waals surface area contributed by atoms with Crippen molar-refractivity contribution in [3.05, 3.63) is 108 Å². The van der Waals surface area contributed by atoms with Crippen molar-refractivity contribution >= 4 is 10.1 Å². The van der Waals surface area contributed by atoms with Crippen LogP contribution in [0.5, 0.6) is 0 Å². The first-order valence-corrected chi connectivity index (χ1v) is 14.2. The summed E-state index contributed by atoms with van der Waals surface area (Å²) in [7, 11) is -4.87. The Hall–Kier alpha value is -2.84. The average Bonchev–Trinajstić information content (AvgIpc) is 2.97. The zero-order valence-corrected chi connectivity index (χ0v) is 23.0. The van der Waals surface area contributed by atoms with Crippen LogP contribution >= 0.6 is 0 Å². The van der Waals surface area contributed by atoms with E-state index < -0.39 is 46.3 Å². The molecule has 4 rings (SSSR count). The Kier molecular flexibility index (Phi) is 10.9. The summed E-state index contributed by atoms with van der Waals surface area (Å²) in [4.78, 5) is 0. The van der Waals surface area contributed by atoms with E-state index in [4.69, 9.17) is 27.9 Å². The molecule has 0 spiro atoms. The highest BCUT2D eigenvalue weighted by Crippen LogP contribution is 2.34. The largest absolute Gasteiger partial charge is 0.523 e. The molecular weight excluding hydrogens is 565 g/mol. The number of rotatable bonds is 13. The van der Waals surface area contributed by atoms with Gasteiger partial charge in [-0.15, -0.1) is 0 Å². The number of ether oxygens (including phenoxy) is 5. The van der Waals surface area contributed by atoms with Gasteiger partial charge in [-0.05, 0) is 16.7 Å². The fourth-order valence-electron chi connectivity index (χ4n) is 4.30. The van der Waals surface area contributed by atoms with Crippen molar-refractivity contribution < 1.29 is 49.5 Å². The first-order valence-electron chi connectivity index (χ1n) is 12.8. The van der Waals surface area contributed by atoms with Gasteiger partial charge in [0.1, 0.15) is 18.3 Å². The zero-order valence-electron chi connectivity index (χ0n) is 22.2. The molecule has 41 heavy (non-hydrogen) atoms. The molecule has 0 radical (unpaired) electrons. The Morgan fingerprint density at radius 3 is 1.63 bits per heavy atom. The van der Waals surface area contributed by atoms with Crippen LogP contribution in [0.4, 0.5) is 13.2 Å². The summed E-state index contributed by atoms with van der Waals surface area (Å²) in [6.07, 6.45) is -6.77. The average molecular weight is 597 g/mol. The highest BCUT2D eigenvalue weighted by atomic mass is 32.2. The van der Waals surface area contributed by atoms with Crippen LogP contribution in [0.25, 0.3) is 0 Å². The molecule has 0 aliphatic carbocycles. The van der Waals surface area contributed by atoms with Crippen molar-refractivity contribution in [3.63, 3.8) is 0 Å². The topological polar surface area (TPSA) is 89.5 Å². The number of halogens is 3. The molecule has 1 fully saturated rings. The molecule has 0 amide bonds. The van der Waals surface area contributed by atoms with E-state index in [0.717, 1.165) is 11.1 Å². The Balaban J connectivity index is 1.64. The molecule has 0 unspecified atom stereocenters. The van der Waals surface area contributed by atoms with Crippen LogP contribution in [-0.2, 0) is 57.8 Å². The molecular formula is C29H31F3O8S. The van der Waals surface area contributed by atoms with Gasteiger partial charge in [-0.2, -0.15) is 21.6 Å². The van der Waals surface area contributed by atoms with Crippen molar-refractivity contribution in [2.24, 2.45) is 0 Å². The maximum Gasteiger partial charge on any atom is 0.523 e. The first kappa shape index (κ1) is 31.1. The predicted molar refractivity (Wildman–Crippen MR) is 142 cm³/mol. The fraction of sp³-hybridized carbons (Fsp3) is 0.379. The van der Waals surface area contributed by atoms with Gasteiger partial charge in [0, 0.05) is 7.11 Å². The van der Waals surface area contributed by atoms with Crippen LogP contribution in [0.1, 0.15) is 16.7 Å². The summed E-state index contributed by atoms with van der Waals surface area (Å²) in [6.45, 7) is 0.127. The van der Waals surface area contributed by atoms with Crippen molar-refractivity contribution in [3.8, 4) is 0 Å². The third kappa shape index (κ3) is 8.58. The summed E-state index contributed by atoms with van der Waals surface area (Å²) in [5, 5.41) is 0. The molecule has 0 aromatic heterocycles.